The van der Waals surface area contributed by atoms with Crippen molar-refractivity contribution in [2.24, 2.45) is 0 Å². The summed E-state index contributed by atoms with van der Waals surface area (Å²) in [4.78, 5) is 26.7. The number of aryl methyl sites for hydroxylation is 1. The zero-order valence-electron chi connectivity index (χ0n) is 19.1. The van der Waals surface area contributed by atoms with Gasteiger partial charge in [0.25, 0.3) is 5.91 Å². The van der Waals surface area contributed by atoms with Gasteiger partial charge in [0.2, 0.25) is 5.91 Å². The number of amides is 2. The van der Waals surface area contributed by atoms with Crippen LogP contribution in [0.2, 0.25) is 5.02 Å². The van der Waals surface area contributed by atoms with Crippen LogP contribution < -0.4 is 15.5 Å². The van der Waals surface area contributed by atoms with Crippen molar-refractivity contribution in [3.63, 3.8) is 0 Å². The molecule has 2 aromatic carbocycles. The Balaban J connectivity index is 1.34. The molecule has 1 saturated heterocycles. The first-order valence-corrected chi connectivity index (χ1v) is 11.7. The summed E-state index contributed by atoms with van der Waals surface area (Å²) in [5.41, 5.74) is 3.16. The smallest absolute Gasteiger partial charge is 0.274 e. The van der Waals surface area contributed by atoms with E-state index in [4.69, 9.17) is 16.3 Å². The van der Waals surface area contributed by atoms with Gasteiger partial charge in [-0.15, -0.1) is 10.2 Å². The summed E-state index contributed by atoms with van der Waals surface area (Å²) < 4.78 is 7.41. The third-order valence-corrected chi connectivity index (χ3v) is 6.65. The Bertz CT molecular complexity index is 1280. The number of rotatable bonds is 5. The highest BCUT2D eigenvalue weighted by atomic mass is 35.5. The van der Waals surface area contributed by atoms with Gasteiger partial charge < -0.3 is 15.2 Å². The summed E-state index contributed by atoms with van der Waals surface area (Å²) in [6.07, 6.45) is 2.11. The van der Waals surface area contributed by atoms with E-state index in [-0.39, 0.29) is 25.5 Å². The Labute approximate surface area is 206 Å². The fourth-order valence-electron chi connectivity index (χ4n) is 4.58. The number of benzene rings is 2. The summed E-state index contributed by atoms with van der Waals surface area (Å²) >= 11 is 6.21. The number of carbonyl (C=O) groups excluding carboxylic acids is 2. The lowest BCUT2D eigenvalue weighted by Crippen LogP contribution is -2.57. The highest BCUT2D eigenvalue weighted by molar-refractivity contribution is 6.30. The molecule has 1 fully saturated rings. The largest absolute Gasteiger partial charge is 0.493 e. The van der Waals surface area contributed by atoms with E-state index in [1.165, 1.54) is 5.01 Å². The molecule has 2 amide bonds. The van der Waals surface area contributed by atoms with E-state index in [1.54, 1.807) is 42.7 Å². The first kappa shape index (κ1) is 23.3. The minimum Gasteiger partial charge on any atom is -0.493 e. The highest BCUT2D eigenvalue weighted by Crippen LogP contribution is 2.38. The highest BCUT2D eigenvalue weighted by Gasteiger charge is 2.48. The maximum atomic E-state index is 13.5. The Morgan fingerprint density at radius 2 is 2.14 bits per heavy atom. The Morgan fingerprint density at radius 3 is 2.94 bits per heavy atom. The molecule has 0 spiro atoms. The molecular formula is C24H25ClN6O4. The van der Waals surface area contributed by atoms with Crippen LogP contribution in [0, 0.1) is 6.92 Å². The van der Waals surface area contributed by atoms with E-state index in [9.17, 15) is 14.7 Å². The molecule has 3 heterocycles. The predicted octanol–water partition coefficient (Wildman–Crippen LogP) is 1.62. The number of halogens is 1. The van der Waals surface area contributed by atoms with E-state index in [1.807, 2.05) is 17.6 Å². The second kappa shape index (κ2) is 9.29. The summed E-state index contributed by atoms with van der Waals surface area (Å²) in [5, 5.41) is 24.0. The number of fused-ring (bicyclic) bond motifs is 1. The van der Waals surface area contributed by atoms with Gasteiger partial charge in [-0.3, -0.25) is 19.2 Å². The van der Waals surface area contributed by atoms with Gasteiger partial charge in [0.1, 0.15) is 23.9 Å². The number of nitrogens with zero attached hydrogens (tertiary/aromatic N) is 4. The molecule has 10 nitrogen and oxygen atoms in total. The quantitative estimate of drug-likeness (QED) is 0.490. The average Bonchev–Trinajstić information content (AvgIpc) is 3.52. The fraction of sp³-hybridized carbons (Fsp3) is 0.333. The molecule has 0 radical (unpaired) electrons. The molecule has 1 aromatic heterocycles. The van der Waals surface area contributed by atoms with Crippen LogP contribution in [0.5, 0.6) is 5.75 Å². The van der Waals surface area contributed by atoms with Gasteiger partial charge >= 0.3 is 0 Å². The number of hydrogen-bond acceptors (Lipinski definition) is 7. The summed E-state index contributed by atoms with van der Waals surface area (Å²) in [6.45, 7) is 2.65. The fourth-order valence-corrected chi connectivity index (χ4v) is 4.78. The number of aliphatic hydroxyl groups is 1. The van der Waals surface area contributed by atoms with Crippen LogP contribution in [0.1, 0.15) is 29.8 Å². The number of carbonyl (C=O) groups is 2. The Hall–Kier alpha value is -3.47. The number of nitrogens with one attached hydrogen (secondary N) is 2. The molecule has 5 rings (SSSR count). The molecule has 0 bridgehead atoms. The molecule has 182 valence electrons. The zero-order chi connectivity index (χ0) is 24.6. The molecule has 3 N–H and O–H groups in total. The summed E-state index contributed by atoms with van der Waals surface area (Å²) in [5.74, 6) is 0.252. The number of hydrogen-bond donors (Lipinski definition) is 3. The third-order valence-electron chi connectivity index (χ3n) is 6.41. The van der Waals surface area contributed by atoms with Crippen LogP contribution in [-0.4, -0.2) is 55.9 Å². The molecular weight excluding hydrogens is 472 g/mol. The first-order valence-electron chi connectivity index (χ1n) is 11.3. The van der Waals surface area contributed by atoms with E-state index >= 15 is 0 Å². The van der Waals surface area contributed by atoms with Crippen molar-refractivity contribution in [2.45, 2.75) is 38.0 Å². The molecule has 0 saturated carbocycles. The van der Waals surface area contributed by atoms with Crippen molar-refractivity contribution in [1.29, 1.82) is 0 Å². The molecule has 11 heteroatoms. The summed E-state index contributed by atoms with van der Waals surface area (Å²) in [6, 6.07) is 11.5. The van der Waals surface area contributed by atoms with Gasteiger partial charge in [-0.05, 0) is 43.2 Å². The molecule has 0 aliphatic carbocycles. The van der Waals surface area contributed by atoms with E-state index in [0.717, 1.165) is 11.3 Å². The van der Waals surface area contributed by atoms with E-state index < -0.39 is 17.6 Å². The molecule has 2 atom stereocenters. The average molecular weight is 497 g/mol. The topological polar surface area (TPSA) is 122 Å². The van der Waals surface area contributed by atoms with Gasteiger partial charge in [-0.1, -0.05) is 29.8 Å². The summed E-state index contributed by atoms with van der Waals surface area (Å²) in [7, 11) is 0. The van der Waals surface area contributed by atoms with Crippen molar-refractivity contribution in [3.8, 4) is 11.4 Å². The van der Waals surface area contributed by atoms with Crippen LogP contribution in [0.3, 0.4) is 0 Å². The SMILES string of the molecule is Cc1nncn1-c1ccc(Cl)cc1CNC(=O)[C@@H]1CCNN1C(=O)C1(O)CCOc2ccccc21. The lowest BCUT2D eigenvalue weighted by molar-refractivity contribution is -0.162. The molecule has 1 unspecified atom stereocenters. The predicted molar refractivity (Wildman–Crippen MR) is 127 cm³/mol. The van der Waals surface area contributed by atoms with Gasteiger partial charge in [-0.2, -0.15) is 0 Å². The minimum atomic E-state index is -1.78. The maximum absolute atomic E-state index is 13.5. The lowest BCUT2D eigenvalue weighted by atomic mass is 9.86. The van der Waals surface area contributed by atoms with Gasteiger partial charge in [0.05, 0.1) is 12.3 Å². The van der Waals surface area contributed by atoms with Crippen LogP contribution in [0.4, 0.5) is 0 Å². The Kier molecular flexibility index (Phi) is 6.18. The zero-order valence-corrected chi connectivity index (χ0v) is 19.8. The van der Waals surface area contributed by atoms with Crippen LogP contribution >= 0.6 is 11.6 Å². The third kappa shape index (κ3) is 4.24. The van der Waals surface area contributed by atoms with Gasteiger partial charge in [-0.25, -0.2) is 5.43 Å². The number of ether oxygens (including phenoxy) is 1. The van der Waals surface area contributed by atoms with Crippen molar-refractivity contribution in [3.05, 3.63) is 70.8 Å². The van der Waals surface area contributed by atoms with Crippen molar-refractivity contribution >= 4 is 23.4 Å². The van der Waals surface area contributed by atoms with Crippen molar-refractivity contribution in [2.75, 3.05) is 13.2 Å². The maximum Gasteiger partial charge on any atom is 0.274 e. The second-order valence-corrected chi connectivity index (χ2v) is 9.02. The molecule has 2 aliphatic rings. The van der Waals surface area contributed by atoms with Crippen LogP contribution in [-0.2, 0) is 21.7 Å². The second-order valence-electron chi connectivity index (χ2n) is 8.58. The van der Waals surface area contributed by atoms with E-state index in [0.29, 0.717) is 35.1 Å². The van der Waals surface area contributed by atoms with Gasteiger partial charge in [0.15, 0.2) is 5.60 Å². The van der Waals surface area contributed by atoms with Gasteiger partial charge in [0, 0.05) is 30.1 Å². The molecule has 35 heavy (non-hydrogen) atoms. The molecule has 3 aromatic rings. The van der Waals surface area contributed by atoms with Crippen LogP contribution in [0.15, 0.2) is 48.8 Å². The minimum absolute atomic E-state index is 0.0968. The monoisotopic (exact) mass is 496 g/mol. The normalized spacial score (nSPS) is 21.3. The number of hydrazine groups is 1. The van der Waals surface area contributed by atoms with Crippen LogP contribution in [0.25, 0.3) is 5.69 Å². The standard InChI is InChI=1S/C24H25ClN6O4/c1-15-29-27-14-30(15)19-7-6-17(25)12-16(19)13-26-22(32)20-8-10-28-31(20)23(33)24(34)9-11-35-21-5-3-2-4-18(21)24/h2-7,12,14,20,28,34H,8-11,13H2,1H3,(H,26,32)/t20-,24?/m0/s1. The number of aromatic nitrogens is 3. The Morgan fingerprint density at radius 1 is 1.31 bits per heavy atom. The number of para-hydroxylation sites is 1. The van der Waals surface area contributed by atoms with E-state index in [2.05, 4.69) is 20.9 Å². The first-order chi connectivity index (χ1) is 16.9. The van der Waals surface area contributed by atoms with Crippen molar-refractivity contribution < 1.29 is 19.4 Å². The molecule has 2 aliphatic heterocycles. The lowest BCUT2D eigenvalue weighted by Gasteiger charge is -2.37. The van der Waals surface area contributed by atoms with Crippen molar-refractivity contribution in [1.82, 2.24) is 30.5 Å².